The zero-order chi connectivity index (χ0) is 9.47. The van der Waals surface area contributed by atoms with Crippen LogP contribution in [0.1, 0.15) is 20.8 Å². The molecule has 0 radical (unpaired) electrons. The van der Waals surface area contributed by atoms with Crippen molar-refractivity contribution in [3.8, 4) is 0 Å². The van der Waals surface area contributed by atoms with E-state index in [9.17, 15) is 0 Å². The minimum Gasteiger partial charge on any atom is -0.227 e. The van der Waals surface area contributed by atoms with Gasteiger partial charge in [0.1, 0.15) is 12.7 Å². The Labute approximate surface area is 76.9 Å². The fraction of sp³-hybridized carbons (Fsp3) is 0.500. The third-order valence-corrected chi connectivity index (χ3v) is 1.72. The summed E-state index contributed by atoms with van der Waals surface area (Å²) < 4.78 is 0. The van der Waals surface area contributed by atoms with Crippen molar-refractivity contribution in [2.75, 3.05) is 0 Å². The van der Waals surface area contributed by atoms with Crippen molar-refractivity contribution >= 4 is 12.7 Å². The number of hydroxylamine groups is 4. The van der Waals surface area contributed by atoms with Gasteiger partial charge in [-0.2, -0.15) is 5.06 Å². The maximum atomic E-state index is 5.44. The number of aliphatic imine (C=N–C) groups is 2. The summed E-state index contributed by atoms with van der Waals surface area (Å²) in [5.74, 6) is 0.755. The molecule has 0 saturated heterocycles. The second-order valence-corrected chi connectivity index (χ2v) is 3.90. The van der Waals surface area contributed by atoms with Crippen molar-refractivity contribution in [2.45, 2.75) is 26.3 Å². The van der Waals surface area contributed by atoms with E-state index in [1.54, 1.807) is 11.4 Å². The van der Waals surface area contributed by atoms with Crippen LogP contribution in [0.3, 0.4) is 0 Å². The highest BCUT2D eigenvalue weighted by molar-refractivity contribution is 5.75. The van der Waals surface area contributed by atoms with E-state index in [1.165, 1.54) is 11.4 Å². The minimum atomic E-state index is -0.0757. The van der Waals surface area contributed by atoms with Gasteiger partial charge in [0.05, 0.1) is 11.7 Å². The summed E-state index contributed by atoms with van der Waals surface area (Å²) >= 11 is 0. The molecule has 0 aromatic heterocycles. The standard InChI is InChI=1S/C8H12N4O/c1-8(2,3)12-4-7-10-5-9-6-11(7)13-12/h4-6H,1-3H3. The van der Waals surface area contributed by atoms with Gasteiger partial charge in [-0.1, -0.05) is 0 Å². The average Bonchev–Trinajstić information content (AvgIpc) is 2.45. The normalized spacial score (nSPS) is 20.7. The summed E-state index contributed by atoms with van der Waals surface area (Å²) in [6.45, 7) is 6.18. The van der Waals surface area contributed by atoms with Crippen molar-refractivity contribution in [3.63, 3.8) is 0 Å². The van der Waals surface area contributed by atoms with Crippen LogP contribution in [-0.4, -0.2) is 28.3 Å². The van der Waals surface area contributed by atoms with Gasteiger partial charge in [0.15, 0.2) is 5.82 Å². The molecule has 2 heterocycles. The Hall–Kier alpha value is -1.36. The first kappa shape index (κ1) is 8.25. The molecule has 2 aliphatic rings. The SMILES string of the molecule is CC(C)(C)N1C=C2N=CN=CN2O1. The highest BCUT2D eigenvalue weighted by atomic mass is 16.8. The molecule has 13 heavy (non-hydrogen) atoms. The predicted molar refractivity (Wildman–Crippen MR) is 49.6 cm³/mol. The largest absolute Gasteiger partial charge is 0.227 e. The summed E-state index contributed by atoms with van der Waals surface area (Å²) in [6.07, 6.45) is 4.93. The molecule has 0 spiro atoms. The maximum Gasteiger partial charge on any atom is 0.181 e. The first-order valence-corrected chi connectivity index (χ1v) is 4.12. The van der Waals surface area contributed by atoms with Crippen LogP contribution in [0.5, 0.6) is 0 Å². The summed E-state index contributed by atoms with van der Waals surface area (Å²) in [6, 6.07) is 0. The lowest BCUT2D eigenvalue weighted by molar-refractivity contribution is -0.259. The molecule has 0 amide bonds. The number of nitrogens with zero attached hydrogens (tertiary/aromatic N) is 4. The van der Waals surface area contributed by atoms with Gasteiger partial charge in [-0.15, -0.1) is 4.94 Å². The van der Waals surface area contributed by atoms with Gasteiger partial charge in [-0.25, -0.2) is 15.0 Å². The molecule has 0 unspecified atom stereocenters. The Kier molecular flexibility index (Phi) is 1.63. The Morgan fingerprint density at radius 2 is 2.15 bits per heavy atom. The van der Waals surface area contributed by atoms with Crippen LogP contribution in [0.15, 0.2) is 22.0 Å². The van der Waals surface area contributed by atoms with Crippen LogP contribution in [0.25, 0.3) is 0 Å². The lowest BCUT2D eigenvalue weighted by Gasteiger charge is -2.29. The first-order chi connectivity index (χ1) is 6.07. The van der Waals surface area contributed by atoms with E-state index in [2.05, 4.69) is 30.8 Å². The second kappa shape index (κ2) is 2.56. The fourth-order valence-electron chi connectivity index (χ4n) is 0.991. The van der Waals surface area contributed by atoms with Crippen molar-refractivity contribution in [1.29, 1.82) is 0 Å². The highest BCUT2D eigenvalue weighted by Crippen LogP contribution is 2.25. The number of fused-ring (bicyclic) bond motifs is 1. The quantitative estimate of drug-likeness (QED) is 0.560. The highest BCUT2D eigenvalue weighted by Gasteiger charge is 2.30. The van der Waals surface area contributed by atoms with Gasteiger partial charge in [-0.3, -0.25) is 0 Å². The van der Waals surface area contributed by atoms with E-state index >= 15 is 0 Å². The molecule has 0 saturated carbocycles. The molecule has 0 aliphatic carbocycles. The molecule has 0 aromatic carbocycles. The molecule has 0 aromatic rings. The van der Waals surface area contributed by atoms with Gasteiger partial charge in [0.25, 0.3) is 0 Å². The summed E-state index contributed by atoms with van der Waals surface area (Å²) in [7, 11) is 0. The third-order valence-electron chi connectivity index (χ3n) is 1.72. The second-order valence-electron chi connectivity index (χ2n) is 3.90. The van der Waals surface area contributed by atoms with Crippen LogP contribution >= 0.6 is 0 Å². The van der Waals surface area contributed by atoms with Crippen molar-refractivity contribution in [3.05, 3.63) is 12.0 Å². The maximum absolute atomic E-state index is 5.44. The molecular formula is C8H12N4O. The molecule has 0 fully saturated rings. The minimum absolute atomic E-state index is 0.0757. The number of rotatable bonds is 0. The summed E-state index contributed by atoms with van der Waals surface area (Å²) in [5.41, 5.74) is -0.0757. The Morgan fingerprint density at radius 3 is 2.77 bits per heavy atom. The van der Waals surface area contributed by atoms with E-state index < -0.39 is 0 Å². The third kappa shape index (κ3) is 1.42. The smallest absolute Gasteiger partial charge is 0.181 e. The van der Waals surface area contributed by atoms with E-state index in [1.807, 2.05) is 6.20 Å². The summed E-state index contributed by atoms with van der Waals surface area (Å²) in [4.78, 5) is 13.3. The van der Waals surface area contributed by atoms with Crippen LogP contribution in [0.2, 0.25) is 0 Å². The van der Waals surface area contributed by atoms with E-state index in [0.29, 0.717) is 0 Å². The Morgan fingerprint density at radius 1 is 1.38 bits per heavy atom. The molecule has 5 nitrogen and oxygen atoms in total. The summed E-state index contributed by atoms with van der Waals surface area (Å²) in [5, 5.41) is 3.28. The molecule has 0 N–H and O–H groups in total. The van der Waals surface area contributed by atoms with Gasteiger partial charge < -0.3 is 0 Å². The fourth-order valence-corrected chi connectivity index (χ4v) is 0.991. The van der Waals surface area contributed by atoms with E-state index in [0.717, 1.165) is 5.82 Å². The topological polar surface area (TPSA) is 40.4 Å². The molecule has 2 aliphatic heterocycles. The Bertz CT molecular complexity index is 300. The van der Waals surface area contributed by atoms with Gasteiger partial charge in [0, 0.05) is 0 Å². The van der Waals surface area contributed by atoms with Gasteiger partial charge in [-0.05, 0) is 20.8 Å². The first-order valence-electron chi connectivity index (χ1n) is 4.12. The average molecular weight is 180 g/mol. The number of hydrogen-bond donors (Lipinski definition) is 0. The lowest BCUT2D eigenvalue weighted by Crippen LogP contribution is -2.37. The zero-order valence-corrected chi connectivity index (χ0v) is 7.93. The van der Waals surface area contributed by atoms with Crippen molar-refractivity contribution < 1.29 is 4.94 Å². The van der Waals surface area contributed by atoms with Gasteiger partial charge >= 0.3 is 0 Å². The molecule has 0 atom stereocenters. The van der Waals surface area contributed by atoms with Gasteiger partial charge in [0.2, 0.25) is 0 Å². The van der Waals surface area contributed by atoms with E-state index in [-0.39, 0.29) is 5.54 Å². The molecule has 70 valence electrons. The Balaban J connectivity index is 2.21. The molecule has 5 heteroatoms. The predicted octanol–water partition coefficient (Wildman–Crippen LogP) is 1.12. The van der Waals surface area contributed by atoms with Crippen LogP contribution < -0.4 is 0 Å². The van der Waals surface area contributed by atoms with E-state index in [4.69, 9.17) is 4.94 Å². The zero-order valence-electron chi connectivity index (χ0n) is 7.93. The monoisotopic (exact) mass is 180 g/mol. The lowest BCUT2D eigenvalue weighted by atomic mass is 10.1. The van der Waals surface area contributed by atoms with Crippen LogP contribution in [-0.2, 0) is 4.94 Å². The molecule has 0 bridgehead atoms. The van der Waals surface area contributed by atoms with Crippen molar-refractivity contribution in [1.82, 2.24) is 10.1 Å². The molecule has 2 rings (SSSR count). The van der Waals surface area contributed by atoms with Crippen molar-refractivity contribution in [2.24, 2.45) is 9.98 Å². The number of hydrogen-bond acceptors (Lipinski definition) is 5. The van der Waals surface area contributed by atoms with Crippen LogP contribution in [0, 0.1) is 0 Å². The molecular weight excluding hydrogens is 168 g/mol. The van der Waals surface area contributed by atoms with Crippen LogP contribution in [0.4, 0.5) is 0 Å².